The van der Waals surface area contributed by atoms with Crippen molar-refractivity contribution in [1.29, 1.82) is 0 Å². The van der Waals surface area contributed by atoms with Gasteiger partial charge in [0.2, 0.25) is 0 Å². The van der Waals surface area contributed by atoms with Crippen LogP contribution in [0.25, 0.3) is 5.57 Å². The number of benzene rings is 2. The van der Waals surface area contributed by atoms with Gasteiger partial charge in [0.1, 0.15) is 6.29 Å². The summed E-state index contributed by atoms with van der Waals surface area (Å²) in [5.74, 6) is 0.258. The Balaban J connectivity index is 1.71. The van der Waals surface area contributed by atoms with Crippen LogP contribution in [-0.4, -0.2) is 19.4 Å². The average Bonchev–Trinajstić information content (AvgIpc) is 3.22. The fourth-order valence-electron chi connectivity index (χ4n) is 4.56. The average molecular weight is 331 g/mol. The summed E-state index contributed by atoms with van der Waals surface area (Å²) in [6.45, 7) is 4.28. The molecule has 1 N–H and O–H groups in total. The van der Waals surface area contributed by atoms with Crippen LogP contribution in [0.5, 0.6) is 0 Å². The largest absolute Gasteiger partial charge is 0.316 e. The first kappa shape index (κ1) is 16.3. The molecule has 2 aliphatic rings. The Hall–Kier alpha value is -2.19. The number of carbonyl (C=O) groups is 1. The standard InChI is InChI=1S/C23H25NO/c1-17-13-19(9-12-25)21-8-7-20(14-22(17)21)23(10-11-24-16-23)15-18-5-3-2-4-6-18/h2-8,12-14,19,24H,9-11,15-16H2,1H3. The van der Waals surface area contributed by atoms with Gasteiger partial charge in [-0.2, -0.15) is 0 Å². The van der Waals surface area contributed by atoms with Crippen LogP contribution >= 0.6 is 0 Å². The molecule has 1 heterocycles. The number of carbonyl (C=O) groups excluding carboxylic acids is 1. The molecule has 128 valence electrons. The summed E-state index contributed by atoms with van der Waals surface area (Å²) in [4.78, 5) is 11.0. The van der Waals surface area contributed by atoms with Gasteiger partial charge in [-0.05, 0) is 54.1 Å². The molecule has 1 aliphatic carbocycles. The zero-order valence-electron chi connectivity index (χ0n) is 14.8. The third-order valence-corrected chi connectivity index (χ3v) is 5.92. The van der Waals surface area contributed by atoms with E-state index in [2.05, 4.69) is 66.8 Å². The zero-order chi connectivity index (χ0) is 17.3. The molecular weight excluding hydrogens is 306 g/mol. The van der Waals surface area contributed by atoms with Gasteiger partial charge in [-0.25, -0.2) is 0 Å². The number of allylic oxidation sites excluding steroid dienone is 2. The summed E-state index contributed by atoms with van der Waals surface area (Å²) in [6, 6.07) is 17.8. The van der Waals surface area contributed by atoms with Crippen molar-refractivity contribution >= 4 is 11.9 Å². The third-order valence-electron chi connectivity index (χ3n) is 5.92. The maximum Gasteiger partial charge on any atom is 0.120 e. The molecule has 4 rings (SSSR count). The summed E-state index contributed by atoms with van der Waals surface area (Å²) in [5, 5.41) is 3.58. The second-order valence-electron chi connectivity index (χ2n) is 7.53. The number of fused-ring (bicyclic) bond motifs is 1. The van der Waals surface area contributed by atoms with Gasteiger partial charge < -0.3 is 10.1 Å². The van der Waals surface area contributed by atoms with E-state index in [1.54, 1.807) is 0 Å². The fourth-order valence-corrected chi connectivity index (χ4v) is 4.56. The van der Waals surface area contributed by atoms with Crippen LogP contribution in [0, 0.1) is 0 Å². The van der Waals surface area contributed by atoms with Crippen molar-refractivity contribution in [3.8, 4) is 0 Å². The van der Waals surface area contributed by atoms with E-state index in [9.17, 15) is 4.79 Å². The highest BCUT2D eigenvalue weighted by atomic mass is 16.1. The highest BCUT2D eigenvalue weighted by Crippen LogP contribution is 2.41. The van der Waals surface area contributed by atoms with Crippen LogP contribution in [0.1, 0.15) is 47.9 Å². The number of hydrogen-bond acceptors (Lipinski definition) is 2. The van der Waals surface area contributed by atoms with Crippen LogP contribution in [0.4, 0.5) is 0 Å². The highest BCUT2D eigenvalue weighted by Gasteiger charge is 2.36. The Morgan fingerprint density at radius 3 is 2.76 bits per heavy atom. The van der Waals surface area contributed by atoms with Gasteiger partial charge in [0.25, 0.3) is 0 Å². The van der Waals surface area contributed by atoms with Gasteiger partial charge in [-0.1, -0.05) is 54.6 Å². The number of hydrogen-bond donors (Lipinski definition) is 1. The van der Waals surface area contributed by atoms with Gasteiger partial charge in [-0.3, -0.25) is 0 Å². The minimum absolute atomic E-state index is 0.166. The van der Waals surface area contributed by atoms with Crippen LogP contribution < -0.4 is 5.32 Å². The topological polar surface area (TPSA) is 29.1 Å². The second-order valence-corrected chi connectivity index (χ2v) is 7.53. The molecule has 0 bridgehead atoms. The minimum atomic E-state index is 0.166. The second kappa shape index (κ2) is 6.61. The Kier molecular flexibility index (Phi) is 4.30. The van der Waals surface area contributed by atoms with Crippen molar-refractivity contribution in [2.75, 3.05) is 13.1 Å². The van der Waals surface area contributed by atoms with Gasteiger partial charge in [0.15, 0.2) is 0 Å². The molecule has 1 aliphatic heterocycles. The van der Waals surface area contributed by atoms with Crippen molar-refractivity contribution in [1.82, 2.24) is 5.32 Å². The molecular formula is C23H25NO. The van der Waals surface area contributed by atoms with Crippen LogP contribution in [0.15, 0.2) is 54.6 Å². The molecule has 2 aromatic rings. The lowest BCUT2D eigenvalue weighted by atomic mass is 9.74. The Labute approximate surface area is 150 Å². The van der Waals surface area contributed by atoms with Crippen molar-refractivity contribution < 1.29 is 4.79 Å². The van der Waals surface area contributed by atoms with E-state index in [-0.39, 0.29) is 11.3 Å². The maximum atomic E-state index is 11.0. The molecule has 2 atom stereocenters. The molecule has 2 unspecified atom stereocenters. The third kappa shape index (κ3) is 2.96. The smallest absolute Gasteiger partial charge is 0.120 e. The van der Waals surface area contributed by atoms with E-state index in [0.717, 1.165) is 25.8 Å². The lowest BCUT2D eigenvalue weighted by Crippen LogP contribution is -2.31. The first-order valence-corrected chi connectivity index (χ1v) is 9.23. The lowest BCUT2D eigenvalue weighted by Gasteiger charge is -2.30. The molecule has 1 saturated heterocycles. The summed E-state index contributed by atoms with van der Waals surface area (Å²) in [7, 11) is 0. The minimum Gasteiger partial charge on any atom is -0.316 e. The highest BCUT2D eigenvalue weighted by molar-refractivity contribution is 5.75. The monoisotopic (exact) mass is 331 g/mol. The quantitative estimate of drug-likeness (QED) is 0.830. The van der Waals surface area contributed by atoms with E-state index >= 15 is 0 Å². The molecule has 0 radical (unpaired) electrons. The van der Waals surface area contributed by atoms with Crippen molar-refractivity contribution in [3.63, 3.8) is 0 Å². The molecule has 0 spiro atoms. The van der Waals surface area contributed by atoms with Gasteiger partial charge in [0, 0.05) is 24.3 Å². The Morgan fingerprint density at radius 2 is 2.04 bits per heavy atom. The SMILES string of the molecule is CC1=CC(CC=O)c2ccc(C3(Cc4ccccc4)CCNC3)cc21. The van der Waals surface area contributed by atoms with E-state index < -0.39 is 0 Å². The summed E-state index contributed by atoms with van der Waals surface area (Å²) >= 11 is 0. The molecule has 0 saturated carbocycles. The van der Waals surface area contributed by atoms with Crippen LogP contribution in [0.3, 0.4) is 0 Å². The van der Waals surface area contributed by atoms with Gasteiger partial charge in [0.05, 0.1) is 0 Å². The summed E-state index contributed by atoms with van der Waals surface area (Å²) in [5.41, 5.74) is 6.96. The Morgan fingerprint density at radius 1 is 1.20 bits per heavy atom. The van der Waals surface area contributed by atoms with Crippen LogP contribution in [-0.2, 0) is 16.6 Å². The zero-order valence-corrected chi connectivity index (χ0v) is 14.8. The fraction of sp³-hybridized carbons (Fsp3) is 0.348. The van der Waals surface area contributed by atoms with Crippen molar-refractivity contribution in [2.24, 2.45) is 0 Å². The van der Waals surface area contributed by atoms with E-state index in [0.29, 0.717) is 6.42 Å². The summed E-state index contributed by atoms with van der Waals surface area (Å²) in [6.07, 6.45) is 6.11. The van der Waals surface area contributed by atoms with Gasteiger partial charge >= 0.3 is 0 Å². The first-order chi connectivity index (χ1) is 12.2. The molecule has 0 amide bonds. The van der Waals surface area contributed by atoms with E-state index in [1.165, 1.54) is 34.2 Å². The summed E-state index contributed by atoms with van der Waals surface area (Å²) < 4.78 is 0. The normalized spacial score (nSPS) is 24.8. The number of nitrogens with one attached hydrogen (secondary N) is 1. The lowest BCUT2D eigenvalue weighted by molar-refractivity contribution is -0.108. The number of aldehydes is 1. The predicted octanol–water partition coefficient (Wildman–Crippen LogP) is 4.25. The Bertz CT molecular complexity index is 800. The van der Waals surface area contributed by atoms with E-state index in [4.69, 9.17) is 0 Å². The van der Waals surface area contributed by atoms with Gasteiger partial charge in [-0.15, -0.1) is 0 Å². The molecule has 2 aromatic carbocycles. The molecule has 2 heteroatoms. The van der Waals surface area contributed by atoms with Crippen molar-refractivity contribution in [3.05, 3.63) is 76.9 Å². The predicted molar refractivity (Wildman–Crippen MR) is 103 cm³/mol. The van der Waals surface area contributed by atoms with Crippen LogP contribution in [0.2, 0.25) is 0 Å². The maximum absolute atomic E-state index is 11.0. The number of rotatable bonds is 5. The van der Waals surface area contributed by atoms with E-state index in [1.807, 2.05) is 0 Å². The molecule has 25 heavy (non-hydrogen) atoms. The molecule has 0 aromatic heterocycles. The van der Waals surface area contributed by atoms with Crippen molar-refractivity contribution in [2.45, 2.75) is 37.5 Å². The molecule has 1 fully saturated rings. The molecule has 2 nitrogen and oxygen atoms in total. The first-order valence-electron chi connectivity index (χ1n) is 9.23.